The SMILES string of the molecule is CCc1c(F)ccc2cc(O)cc(-c3nc4c5c(nc(OC[C@]67CCCN6C[C@H](F)C7)nc5c3F)N3C[C@@H](CC)NC[C@H]3CO4)c12. The first-order chi connectivity index (χ1) is 22.3. The maximum Gasteiger partial charge on any atom is 0.319 e. The molecular weight excluding hydrogens is 597 g/mol. The van der Waals surface area contributed by atoms with Crippen LogP contribution >= 0.6 is 0 Å². The van der Waals surface area contributed by atoms with E-state index in [2.05, 4.69) is 27.0 Å². The second kappa shape index (κ2) is 11.1. The average Bonchev–Trinajstić information content (AvgIpc) is 3.53. The number of fused-ring (bicyclic) bond motifs is 4. The molecule has 242 valence electrons. The predicted molar refractivity (Wildman–Crippen MR) is 168 cm³/mol. The van der Waals surface area contributed by atoms with E-state index in [-0.39, 0.29) is 59.7 Å². The summed E-state index contributed by atoms with van der Waals surface area (Å²) in [5, 5.41) is 15.6. The highest BCUT2D eigenvalue weighted by Gasteiger charge is 2.49. The number of hydrogen-bond donors (Lipinski definition) is 2. The summed E-state index contributed by atoms with van der Waals surface area (Å²) in [7, 11) is 0. The first-order valence-electron chi connectivity index (χ1n) is 16.3. The van der Waals surface area contributed by atoms with Crippen LogP contribution in [0.1, 0.15) is 45.1 Å². The number of nitrogens with zero attached hydrogens (tertiary/aromatic N) is 5. The number of hydrogen-bond acceptors (Lipinski definition) is 9. The van der Waals surface area contributed by atoms with Crippen molar-refractivity contribution in [3.63, 3.8) is 0 Å². The van der Waals surface area contributed by atoms with Crippen molar-refractivity contribution in [3.8, 4) is 28.9 Å². The van der Waals surface area contributed by atoms with E-state index < -0.39 is 23.3 Å². The van der Waals surface area contributed by atoms with Crippen molar-refractivity contribution < 1.29 is 27.8 Å². The lowest BCUT2D eigenvalue weighted by Crippen LogP contribution is -2.58. The van der Waals surface area contributed by atoms with Gasteiger partial charge in [-0.2, -0.15) is 9.97 Å². The number of pyridine rings is 1. The number of aromatic nitrogens is 3. The lowest BCUT2D eigenvalue weighted by molar-refractivity contribution is 0.107. The summed E-state index contributed by atoms with van der Waals surface area (Å²) in [6.45, 7) is 6.86. The molecule has 0 bridgehead atoms. The van der Waals surface area contributed by atoms with Crippen molar-refractivity contribution >= 4 is 27.5 Å². The summed E-state index contributed by atoms with van der Waals surface area (Å²) < 4.78 is 59.2. The molecule has 4 aliphatic rings. The maximum absolute atomic E-state index is 17.0. The third kappa shape index (κ3) is 4.63. The molecule has 9 nitrogen and oxygen atoms in total. The Hall–Kier alpha value is -3.90. The number of halogens is 3. The molecule has 8 rings (SSSR count). The molecule has 0 aliphatic carbocycles. The molecule has 3 saturated heterocycles. The molecule has 6 heterocycles. The topological polar surface area (TPSA) is 95.9 Å². The highest BCUT2D eigenvalue weighted by atomic mass is 19.1. The minimum absolute atomic E-state index is 0.00122. The molecule has 2 aromatic heterocycles. The summed E-state index contributed by atoms with van der Waals surface area (Å²) in [5.74, 6) is -0.631. The number of phenols is 1. The number of aromatic hydroxyl groups is 1. The smallest absolute Gasteiger partial charge is 0.319 e. The Labute approximate surface area is 264 Å². The van der Waals surface area contributed by atoms with E-state index in [4.69, 9.17) is 19.4 Å². The van der Waals surface area contributed by atoms with Crippen LogP contribution in [0.3, 0.4) is 0 Å². The molecule has 2 N–H and O–H groups in total. The van der Waals surface area contributed by atoms with Crippen LogP contribution in [0, 0.1) is 11.6 Å². The van der Waals surface area contributed by atoms with Crippen molar-refractivity contribution in [1.29, 1.82) is 0 Å². The van der Waals surface area contributed by atoms with Crippen LogP contribution in [0.2, 0.25) is 0 Å². The van der Waals surface area contributed by atoms with E-state index in [1.54, 1.807) is 6.07 Å². The molecule has 46 heavy (non-hydrogen) atoms. The maximum atomic E-state index is 17.0. The normalized spacial score (nSPS) is 25.8. The standard InChI is InChI=1S/C34H37F3N6O3/c1-3-20-15-43-21(13-38-20)16-45-32-27-30(40-33(41-31(27)43)46-17-34-8-5-9-42(34)14-19(35)12-34)28(37)29(39-32)24-11-22(44)10-18-6-7-25(36)23(4-2)26(18)24/h6-7,10-11,19-21,38,44H,3-5,8-9,12-17H2,1-2H3/t19-,20-,21+,34-/m1/s1. The van der Waals surface area contributed by atoms with Gasteiger partial charge in [0.2, 0.25) is 5.88 Å². The van der Waals surface area contributed by atoms with Gasteiger partial charge in [0, 0.05) is 37.7 Å². The monoisotopic (exact) mass is 634 g/mol. The molecule has 12 heteroatoms. The molecule has 0 amide bonds. The molecule has 0 spiro atoms. The van der Waals surface area contributed by atoms with Crippen molar-refractivity contribution in [3.05, 3.63) is 41.5 Å². The van der Waals surface area contributed by atoms with Crippen LogP contribution in [-0.2, 0) is 6.42 Å². The lowest BCUT2D eigenvalue weighted by Gasteiger charge is -2.39. The number of phenolic OH excluding ortho intramolecular Hbond substituents is 1. The summed E-state index contributed by atoms with van der Waals surface area (Å²) in [6.07, 6.45) is 2.48. The fraction of sp³-hybridized carbons (Fsp3) is 0.500. The van der Waals surface area contributed by atoms with Crippen molar-refractivity contribution in [2.75, 3.05) is 44.3 Å². The first-order valence-corrected chi connectivity index (χ1v) is 16.3. The minimum Gasteiger partial charge on any atom is -0.508 e. The summed E-state index contributed by atoms with van der Waals surface area (Å²) in [6, 6.07) is 5.93. The van der Waals surface area contributed by atoms with E-state index in [1.165, 1.54) is 18.2 Å². The molecule has 4 atom stereocenters. The van der Waals surface area contributed by atoms with Crippen LogP contribution in [0.4, 0.5) is 19.0 Å². The van der Waals surface area contributed by atoms with Crippen molar-refractivity contribution in [2.24, 2.45) is 0 Å². The zero-order valence-corrected chi connectivity index (χ0v) is 26.0. The zero-order chi connectivity index (χ0) is 31.7. The van der Waals surface area contributed by atoms with E-state index in [9.17, 15) is 9.50 Å². The minimum atomic E-state index is -0.917. The molecule has 0 radical (unpaired) electrons. The van der Waals surface area contributed by atoms with Gasteiger partial charge in [-0.05, 0) is 66.8 Å². The molecule has 3 fully saturated rings. The van der Waals surface area contributed by atoms with Gasteiger partial charge in [-0.25, -0.2) is 18.2 Å². The van der Waals surface area contributed by atoms with E-state index in [1.807, 2.05) is 6.92 Å². The molecule has 4 aromatic rings. The van der Waals surface area contributed by atoms with E-state index >= 15 is 8.78 Å². The Balaban J connectivity index is 1.33. The van der Waals surface area contributed by atoms with Crippen molar-refractivity contribution in [2.45, 2.75) is 69.7 Å². The highest BCUT2D eigenvalue weighted by molar-refractivity contribution is 6.03. The highest BCUT2D eigenvalue weighted by Crippen LogP contribution is 2.44. The first kappa shape index (κ1) is 29.5. The van der Waals surface area contributed by atoms with Gasteiger partial charge >= 0.3 is 6.01 Å². The van der Waals surface area contributed by atoms with Gasteiger partial charge in [-0.15, -0.1) is 0 Å². The molecule has 0 unspecified atom stereocenters. The number of piperazine rings is 1. The lowest BCUT2D eigenvalue weighted by atomic mass is 9.94. The van der Waals surface area contributed by atoms with Crippen LogP contribution in [0.25, 0.3) is 32.9 Å². The predicted octanol–water partition coefficient (Wildman–Crippen LogP) is 5.30. The molecular formula is C34H37F3N6O3. The van der Waals surface area contributed by atoms with E-state index in [0.29, 0.717) is 60.0 Å². The zero-order valence-electron chi connectivity index (χ0n) is 26.0. The number of rotatable bonds is 6. The van der Waals surface area contributed by atoms with Gasteiger partial charge in [0.25, 0.3) is 0 Å². The quantitative estimate of drug-likeness (QED) is 0.293. The van der Waals surface area contributed by atoms with E-state index in [0.717, 1.165) is 25.8 Å². The van der Waals surface area contributed by atoms with Gasteiger partial charge in [-0.3, -0.25) is 4.90 Å². The summed E-state index contributed by atoms with van der Waals surface area (Å²) in [4.78, 5) is 18.4. The van der Waals surface area contributed by atoms with Crippen molar-refractivity contribution in [1.82, 2.24) is 25.2 Å². The molecule has 0 saturated carbocycles. The van der Waals surface area contributed by atoms with Gasteiger partial charge in [-0.1, -0.05) is 19.9 Å². The Kier molecular flexibility index (Phi) is 7.13. The Morgan fingerprint density at radius 1 is 1.13 bits per heavy atom. The van der Waals surface area contributed by atoms with Crippen LogP contribution in [0.15, 0.2) is 24.3 Å². The summed E-state index contributed by atoms with van der Waals surface area (Å²) in [5.41, 5.74) is 0.0518. The van der Waals surface area contributed by atoms with Crippen LogP contribution in [0.5, 0.6) is 17.6 Å². The largest absolute Gasteiger partial charge is 0.508 e. The van der Waals surface area contributed by atoms with Gasteiger partial charge in [0.05, 0.1) is 11.6 Å². The Morgan fingerprint density at radius 2 is 2.00 bits per heavy atom. The van der Waals surface area contributed by atoms with Crippen LogP contribution < -0.4 is 19.7 Å². The fourth-order valence-electron chi connectivity index (χ4n) is 8.06. The fourth-order valence-corrected chi connectivity index (χ4v) is 8.06. The third-order valence-corrected chi connectivity index (χ3v) is 10.4. The molecule has 4 aliphatic heterocycles. The second-order valence-corrected chi connectivity index (χ2v) is 13.1. The number of alkyl halides is 1. The number of anilines is 1. The Morgan fingerprint density at radius 3 is 2.83 bits per heavy atom. The van der Waals surface area contributed by atoms with Gasteiger partial charge < -0.3 is 24.8 Å². The second-order valence-electron chi connectivity index (χ2n) is 13.1. The number of benzene rings is 2. The van der Waals surface area contributed by atoms with Gasteiger partial charge in [0.15, 0.2) is 5.82 Å². The number of aryl methyl sites for hydroxylation is 1. The Bertz CT molecular complexity index is 1860. The summed E-state index contributed by atoms with van der Waals surface area (Å²) >= 11 is 0. The number of ether oxygens (including phenoxy) is 2. The third-order valence-electron chi connectivity index (χ3n) is 10.4. The van der Waals surface area contributed by atoms with Gasteiger partial charge in [0.1, 0.15) is 53.4 Å². The average molecular weight is 635 g/mol. The number of nitrogens with one attached hydrogen (secondary N) is 1. The molecule has 2 aromatic carbocycles. The van der Waals surface area contributed by atoms with Crippen LogP contribution in [-0.4, -0.2) is 88.1 Å².